The van der Waals surface area contributed by atoms with E-state index in [2.05, 4.69) is 0 Å². The number of amides is 1. The fraction of sp³-hybridized carbons (Fsp3) is 0.533. The number of rotatable bonds is 8. The SMILES string of the molecule is CCN(CC)C(=O)CN(CCCN)c1ccccc1F. The second-order valence-electron chi connectivity index (χ2n) is 4.58. The van der Waals surface area contributed by atoms with Crippen LogP contribution in [0.3, 0.4) is 0 Å². The fourth-order valence-corrected chi connectivity index (χ4v) is 2.11. The van der Waals surface area contributed by atoms with Crippen LogP contribution >= 0.6 is 0 Å². The van der Waals surface area contributed by atoms with Gasteiger partial charge in [-0.25, -0.2) is 4.39 Å². The van der Waals surface area contributed by atoms with Crippen LogP contribution in [0.1, 0.15) is 20.3 Å². The average Bonchev–Trinajstić information content (AvgIpc) is 2.45. The molecule has 112 valence electrons. The van der Waals surface area contributed by atoms with Crippen LogP contribution < -0.4 is 10.6 Å². The molecule has 4 nitrogen and oxygen atoms in total. The third kappa shape index (κ3) is 4.49. The van der Waals surface area contributed by atoms with Gasteiger partial charge in [-0.1, -0.05) is 12.1 Å². The molecule has 1 aromatic rings. The molecule has 1 aromatic carbocycles. The lowest BCUT2D eigenvalue weighted by Gasteiger charge is -2.28. The Morgan fingerprint density at radius 3 is 2.45 bits per heavy atom. The van der Waals surface area contributed by atoms with E-state index in [4.69, 9.17) is 5.73 Å². The van der Waals surface area contributed by atoms with E-state index in [1.807, 2.05) is 13.8 Å². The van der Waals surface area contributed by atoms with Gasteiger partial charge in [0, 0.05) is 19.6 Å². The summed E-state index contributed by atoms with van der Waals surface area (Å²) in [7, 11) is 0. The van der Waals surface area contributed by atoms with Crippen LogP contribution in [0.5, 0.6) is 0 Å². The molecule has 0 aliphatic carbocycles. The standard InChI is InChI=1S/C15H24FN3O/c1-3-18(4-2)15(20)12-19(11-7-10-17)14-9-6-5-8-13(14)16/h5-6,8-9H,3-4,7,10-12,17H2,1-2H3. The Morgan fingerprint density at radius 2 is 1.90 bits per heavy atom. The molecule has 0 fully saturated rings. The Morgan fingerprint density at radius 1 is 1.25 bits per heavy atom. The lowest BCUT2D eigenvalue weighted by molar-refractivity contribution is -0.129. The summed E-state index contributed by atoms with van der Waals surface area (Å²) in [5.41, 5.74) is 5.98. The molecule has 20 heavy (non-hydrogen) atoms. The minimum Gasteiger partial charge on any atom is -0.360 e. The van der Waals surface area contributed by atoms with Gasteiger partial charge in [-0.3, -0.25) is 4.79 Å². The zero-order valence-corrected chi connectivity index (χ0v) is 12.3. The van der Waals surface area contributed by atoms with E-state index in [-0.39, 0.29) is 18.3 Å². The van der Waals surface area contributed by atoms with Gasteiger partial charge in [-0.15, -0.1) is 0 Å². The van der Waals surface area contributed by atoms with Crippen LogP contribution in [0.2, 0.25) is 0 Å². The zero-order valence-electron chi connectivity index (χ0n) is 12.3. The highest BCUT2D eigenvalue weighted by Crippen LogP contribution is 2.18. The number of benzene rings is 1. The smallest absolute Gasteiger partial charge is 0.242 e. The van der Waals surface area contributed by atoms with E-state index in [0.29, 0.717) is 31.9 Å². The molecule has 2 N–H and O–H groups in total. The number of nitrogens with two attached hydrogens (primary N) is 1. The number of para-hydroxylation sites is 1. The molecular weight excluding hydrogens is 257 g/mol. The molecule has 0 radical (unpaired) electrons. The third-order valence-corrected chi connectivity index (χ3v) is 3.27. The molecule has 1 rings (SSSR count). The minimum atomic E-state index is -0.308. The second kappa shape index (κ2) is 8.53. The van der Waals surface area contributed by atoms with Crippen molar-refractivity contribution < 1.29 is 9.18 Å². The van der Waals surface area contributed by atoms with Gasteiger partial charge in [0.15, 0.2) is 0 Å². The van der Waals surface area contributed by atoms with Gasteiger partial charge < -0.3 is 15.5 Å². The number of hydrogen-bond acceptors (Lipinski definition) is 3. The van der Waals surface area contributed by atoms with Crippen molar-refractivity contribution in [2.75, 3.05) is 37.6 Å². The predicted molar refractivity (Wildman–Crippen MR) is 80.2 cm³/mol. The predicted octanol–water partition coefficient (Wildman–Crippen LogP) is 1.85. The third-order valence-electron chi connectivity index (χ3n) is 3.27. The molecule has 0 bridgehead atoms. The summed E-state index contributed by atoms with van der Waals surface area (Å²) < 4.78 is 13.9. The average molecular weight is 281 g/mol. The summed E-state index contributed by atoms with van der Waals surface area (Å²) in [6.07, 6.45) is 0.722. The van der Waals surface area contributed by atoms with E-state index < -0.39 is 0 Å². The minimum absolute atomic E-state index is 0.00951. The second-order valence-corrected chi connectivity index (χ2v) is 4.58. The van der Waals surface area contributed by atoms with E-state index in [0.717, 1.165) is 6.42 Å². The van der Waals surface area contributed by atoms with Gasteiger partial charge in [-0.05, 0) is 38.9 Å². The van der Waals surface area contributed by atoms with Crippen molar-refractivity contribution in [2.45, 2.75) is 20.3 Å². The molecular formula is C15H24FN3O. The fourth-order valence-electron chi connectivity index (χ4n) is 2.11. The molecule has 5 heteroatoms. The number of halogens is 1. The van der Waals surface area contributed by atoms with Crippen molar-refractivity contribution in [3.8, 4) is 0 Å². The molecule has 0 aliphatic rings. The number of hydrogen-bond donors (Lipinski definition) is 1. The number of nitrogens with zero attached hydrogens (tertiary/aromatic N) is 2. The summed E-state index contributed by atoms with van der Waals surface area (Å²) in [6.45, 7) is 6.48. The summed E-state index contributed by atoms with van der Waals surface area (Å²) in [6, 6.07) is 6.52. The van der Waals surface area contributed by atoms with Crippen molar-refractivity contribution in [3.63, 3.8) is 0 Å². The van der Waals surface area contributed by atoms with Crippen molar-refractivity contribution in [2.24, 2.45) is 5.73 Å². The van der Waals surface area contributed by atoms with Gasteiger partial charge in [0.2, 0.25) is 5.91 Å². The van der Waals surface area contributed by atoms with Gasteiger partial charge in [-0.2, -0.15) is 0 Å². The summed E-state index contributed by atoms with van der Waals surface area (Å²) >= 11 is 0. The lowest BCUT2D eigenvalue weighted by Crippen LogP contribution is -2.41. The zero-order chi connectivity index (χ0) is 15.0. The van der Waals surface area contributed by atoms with E-state index in [9.17, 15) is 9.18 Å². The maximum absolute atomic E-state index is 13.9. The molecule has 0 aromatic heterocycles. The normalized spacial score (nSPS) is 10.4. The van der Waals surface area contributed by atoms with Crippen molar-refractivity contribution in [3.05, 3.63) is 30.1 Å². The Hall–Kier alpha value is -1.62. The van der Waals surface area contributed by atoms with Crippen molar-refractivity contribution in [1.82, 2.24) is 4.90 Å². The highest BCUT2D eigenvalue weighted by molar-refractivity contribution is 5.81. The Bertz CT molecular complexity index is 421. The van der Waals surface area contributed by atoms with E-state index in [1.165, 1.54) is 6.07 Å². The first-order valence-corrected chi connectivity index (χ1v) is 7.11. The molecule has 0 atom stereocenters. The quantitative estimate of drug-likeness (QED) is 0.791. The van der Waals surface area contributed by atoms with Crippen molar-refractivity contribution in [1.29, 1.82) is 0 Å². The summed E-state index contributed by atoms with van der Waals surface area (Å²) in [5.74, 6) is -0.299. The maximum Gasteiger partial charge on any atom is 0.242 e. The highest BCUT2D eigenvalue weighted by Gasteiger charge is 2.17. The number of anilines is 1. The molecule has 0 heterocycles. The van der Waals surface area contributed by atoms with Gasteiger partial charge in [0.25, 0.3) is 0 Å². The van der Waals surface area contributed by atoms with Gasteiger partial charge in [0.1, 0.15) is 5.82 Å². The molecule has 0 spiro atoms. The molecule has 0 saturated heterocycles. The first-order chi connectivity index (χ1) is 9.63. The number of carbonyl (C=O) groups is 1. The molecule has 0 saturated carbocycles. The first-order valence-electron chi connectivity index (χ1n) is 7.11. The van der Waals surface area contributed by atoms with Gasteiger partial charge >= 0.3 is 0 Å². The van der Waals surface area contributed by atoms with Gasteiger partial charge in [0.05, 0.1) is 12.2 Å². The Kier molecular flexibility index (Phi) is 7.01. The highest BCUT2D eigenvalue weighted by atomic mass is 19.1. The topological polar surface area (TPSA) is 49.6 Å². The first kappa shape index (κ1) is 16.4. The summed E-state index contributed by atoms with van der Waals surface area (Å²) in [5, 5.41) is 0. The number of carbonyl (C=O) groups excluding carboxylic acids is 1. The van der Waals surface area contributed by atoms with Crippen molar-refractivity contribution >= 4 is 11.6 Å². The van der Waals surface area contributed by atoms with E-state index >= 15 is 0 Å². The van der Waals surface area contributed by atoms with Crippen LogP contribution in [-0.4, -0.2) is 43.5 Å². The Labute approximate surface area is 120 Å². The van der Waals surface area contributed by atoms with E-state index in [1.54, 1.807) is 28.0 Å². The summed E-state index contributed by atoms with van der Waals surface area (Å²) in [4.78, 5) is 15.7. The molecule has 0 unspecified atom stereocenters. The molecule has 0 aliphatic heterocycles. The Balaban J connectivity index is 2.85. The monoisotopic (exact) mass is 281 g/mol. The largest absolute Gasteiger partial charge is 0.360 e. The number of likely N-dealkylation sites (N-methyl/N-ethyl adjacent to an activating group) is 1. The van der Waals surface area contributed by atoms with Crippen LogP contribution in [0.15, 0.2) is 24.3 Å². The molecule has 1 amide bonds. The van der Waals surface area contributed by atoms with Crippen LogP contribution in [0, 0.1) is 5.82 Å². The van der Waals surface area contributed by atoms with Crippen LogP contribution in [0.25, 0.3) is 0 Å². The van der Waals surface area contributed by atoms with Crippen LogP contribution in [0.4, 0.5) is 10.1 Å². The van der Waals surface area contributed by atoms with Crippen LogP contribution in [-0.2, 0) is 4.79 Å². The lowest BCUT2D eigenvalue weighted by atomic mass is 10.2. The maximum atomic E-state index is 13.9.